The molecule has 2 aliphatic rings. The number of imide groups is 1. The minimum absolute atomic E-state index is 0.146. The molecule has 1 saturated heterocycles. The average molecular weight is 442 g/mol. The van der Waals surface area contributed by atoms with E-state index in [0.717, 1.165) is 58.2 Å². The SMILES string of the molecule is Cc1c(C)c2c(c(C)c1O)CCC(C)(COc1ccc(CN3C(=O)CSC3=O)cc1)O2. The Morgan fingerprint density at radius 2 is 1.84 bits per heavy atom. The molecule has 164 valence electrons. The molecule has 1 unspecified atom stereocenters. The molecule has 2 aromatic rings. The zero-order valence-corrected chi connectivity index (χ0v) is 19.1. The van der Waals surface area contributed by atoms with Crippen LogP contribution in [-0.2, 0) is 17.8 Å². The molecule has 31 heavy (non-hydrogen) atoms. The standard InChI is InChI=1S/C24H27NO5S/c1-14-15(2)22-19(16(3)21(14)27)9-10-24(4,30-22)13-29-18-7-5-17(6-8-18)11-25-20(26)12-31-23(25)28/h5-8,27H,9-13H2,1-4H3. The Hall–Kier alpha value is -2.67. The van der Waals surface area contributed by atoms with Crippen LogP contribution >= 0.6 is 11.8 Å². The van der Waals surface area contributed by atoms with Crippen LogP contribution in [0.5, 0.6) is 17.2 Å². The highest BCUT2D eigenvalue weighted by Crippen LogP contribution is 2.43. The molecule has 2 amide bonds. The molecule has 2 heterocycles. The quantitative estimate of drug-likeness (QED) is 0.726. The maximum atomic E-state index is 11.8. The molecule has 1 atom stereocenters. The molecule has 0 bridgehead atoms. The number of carbonyl (C=O) groups excluding carboxylic acids is 2. The van der Waals surface area contributed by atoms with Crippen molar-refractivity contribution < 1.29 is 24.2 Å². The largest absolute Gasteiger partial charge is 0.507 e. The van der Waals surface area contributed by atoms with E-state index in [9.17, 15) is 14.7 Å². The fourth-order valence-corrected chi connectivity index (χ4v) is 4.76. The lowest BCUT2D eigenvalue weighted by molar-refractivity contribution is -0.125. The summed E-state index contributed by atoms with van der Waals surface area (Å²) in [5.41, 5.74) is 4.20. The highest BCUT2D eigenvalue weighted by Gasteiger charge is 2.35. The van der Waals surface area contributed by atoms with E-state index in [2.05, 4.69) is 0 Å². The van der Waals surface area contributed by atoms with Crippen molar-refractivity contribution >= 4 is 22.9 Å². The summed E-state index contributed by atoms with van der Waals surface area (Å²) in [5, 5.41) is 10.2. The number of phenolic OH excluding ortho intramolecular Hbond substituents is 1. The van der Waals surface area contributed by atoms with Crippen molar-refractivity contribution in [2.75, 3.05) is 12.4 Å². The summed E-state index contributed by atoms with van der Waals surface area (Å²) in [6.07, 6.45) is 1.61. The highest BCUT2D eigenvalue weighted by molar-refractivity contribution is 8.14. The van der Waals surface area contributed by atoms with E-state index in [-0.39, 0.29) is 23.4 Å². The summed E-state index contributed by atoms with van der Waals surface area (Å²) >= 11 is 1.04. The van der Waals surface area contributed by atoms with Crippen molar-refractivity contribution in [3.63, 3.8) is 0 Å². The van der Waals surface area contributed by atoms with Gasteiger partial charge in [-0.25, -0.2) is 0 Å². The van der Waals surface area contributed by atoms with Crippen LogP contribution in [0.25, 0.3) is 0 Å². The molecule has 4 rings (SSSR count). The summed E-state index contributed by atoms with van der Waals surface area (Å²) in [4.78, 5) is 24.8. The van der Waals surface area contributed by atoms with Gasteiger partial charge in [-0.2, -0.15) is 0 Å². The Labute approximate surface area is 186 Å². The number of amides is 2. The van der Waals surface area contributed by atoms with E-state index in [1.165, 1.54) is 4.90 Å². The van der Waals surface area contributed by atoms with Gasteiger partial charge in [0.1, 0.15) is 29.5 Å². The Kier molecular flexibility index (Phi) is 5.64. The fraction of sp³-hybridized carbons (Fsp3) is 0.417. The van der Waals surface area contributed by atoms with E-state index in [1.54, 1.807) is 0 Å². The van der Waals surface area contributed by atoms with Gasteiger partial charge in [0.15, 0.2) is 0 Å². The lowest BCUT2D eigenvalue weighted by atomic mass is 9.87. The molecule has 2 aliphatic heterocycles. The smallest absolute Gasteiger partial charge is 0.289 e. The van der Waals surface area contributed by atoms with E-state index < -0.39 is 5.60 Å². The number of nitrogens with zero attached hydrogens (tertiary/aromatic N) is 1. The average Bonchev–Trinajstić information content (AvgIpc) is 3.08. The van der Waals surface area contributed by atoms with Crippen molar-refractivity contribution in [1.29, 1.82) is 0 Å². The van der Waals surface area contributed by atoms with Crippen molar-refractivity contribution in [1.82, 2.24) is 4.90 Å². The molecule has 0 aromatic heterocycles. The first kappa shape index (κ1) is 21.6. The molecule has 1 N–H and O–H groups in total. The second kappa shape index (κ2) is 8.11. The monoisotopic (exact) mass is 441 g/mol. The van der Waals surface area contributed by atoms with Gasteiger partial charge >= 0.3 is 0 Å². The molecule has 7 heteroatoms. The molecular weight excluding hydrogens is 414 g/mol. The maximum absolute atomic E-state index is 11.8. The Balaban J connectivity index is 1.42. The Morgan fingerprint density at radius 1 is 1.13 bits per heavy atom. The van der Waals surface area contributed by atoms with Gasteiger partial charge < -0.3 is 14.6 Å². The minimum atomic E-state index is -0.474. The zero-order valence-electron chi connectivity index (χ0n) is 18.3. The number of fused-ring (bicyclic) bond motifs is 1. The number of hydrogen-bond acceptors (Lipinski definition) is 6. The van der Waals surface area contributed by atoms with Gasteiger partial charge in [0.2, 0.25) is 5.91 Å². The summed E-state index contributed by atoms with van der Waals surface area (Å²) in [7, 11) is 0. The lowest BCUT2D eigenvalue weighted by Gasteiger charge is -2.37. The molecule has 0 saturated carbocycles. The van der Waals surface area contributed by atoms with Gasteiger partial charge in [-0.05, 0) is 74.9 Å². The molecular formula is C24H27NO5S. The number of ether oxygens (including phenoxy) is 2. The third-order valence-corrected chi connectivity index (χ3v) is 7.10. The number of thioether (sulfide) groups is 1. The Morgan fingerprint density at radius 3 is 2.48 bits per heavy atom. The molecule has 0 aliphatic carbocycles. The summed E-state index contributed by atoms with van der Waals surface area (Å²) in [6, 6.07) is 7.45. The van der Waals surface area contributed by atoms with Crippen molar-refractivity contribution in [2.24, 2.45) is 0 Å². The summed E-state index contributed by atoms with van der Waals surface area (Å²) < 4.78 is 12.4. The topological polar surface area (TPSA) is 76.1 Å². The zero-order chi connectivity index (χ0) is 22.3. The van der Waals surface area contributed by atoms with Gasteiger partial charge in [0.05, 0.1) is 12.3 Å². The van der Waals surface area contributed by atoms with Gasteiger partial charge in [-0.15, -0.1) is 0 Å². The number of benzene rings is 2. The molecule has 6 nitrogen and oxygen atoms in total. The van der Waals surface area contributed by atoms with E-state index in [0.29, 0.717) is 18.1 Å². The van der Waals surface area contributed by atoms with Crippen LogP contribution in [0.4, 0.5) is 4.79 Å². The maximum Gasteiger partial charge on any atom is 0.289 e. The first-order valence-corrected chi connectivity index (χ1v) is 11.4. The first-order valence-electron chi connectivity index (χ1n) is 10.4. The number of aromatic hydroxyl groups is 1. The van der Waals surface area contributed by atoms with Gasteiger partial charge in [-0.3, -0.25) is 14.5 Å². The fourth-order valence-electron chi connectivity index (χ4n) is 4.04. The molecule has 2 aromatic carbocycles. The highest BCUT2D eigenvalue weighted by atomic mass is 32.2. The van der Waals surface area contributed by atoms with Crippen LogP contribution in [0.3, 0.4) is 0 Å². The summed E-state index contributed by atoms with van der Waals surface area (Å²) in [5.74, 6) is 2.00. The number of phenols is 1. The van der Waals surface area contributed by atoms with Crippen LogP contribution in [0.15, 0.2) is 24.3 Å². The third kappa shape index (κ3) is 4.11. The number of hydrogen-bond donors (Lipinski definition) is 1. The Bertz CT molecular complexity index is 1030. The predicted molar refractivity (Wildman–Crippen MR) is 120 cm³/mol. The third-order valence-electron chi connectivity index (χ3n) is 6.24. The second-order valence-electron chi connectivity index (χ2n) is 8.55. The minimum Gasteiger partial charge on any atom is -0.507 e. The van der Waals surface area contributed by atoms with Gasteiger partial charge in [-0.1, -0.05) is 23.9 Å². The number of carbonyl (C=O) groups is 2. The van der Waals surface area contributed by atoms with E-state index in [1.807, 2.05) is 52.0 Å². The van der Waals surface area contributed by atoms with Crippen LogP contribution < -0.4 is 9.47 Å². The van der Waals surface area contributed by atoms with Crippen molar-refractivity contribution in [3.05, 3.63) is 52.1 Å². The van der Waals surface area contributed by atoms with Crippen LogP contribution in [0.1, 0.15) is 41.2 Å². The van der Waals surface area contributed by atoms with Crippen molar-refractivity contribution in [3.8, 4) is 17.2 Å². The van der Waals surface area contributed by atoms with Gasteiger partial charge in [0.25, 0.3) is 5.24 Å². The van der Waals surface area contributed by atoms with Gasteiger partial charge in [0, 0.05) is 5.56 Å². The second-order valence-corrected chi connectivity index (χ2v) is 9.48. The van der Waals surface area contributed by atoms with Crippen LogP contribution in [0.2, 0.25) is 0 Å². The lowest BCUT2D eigenvalue weighted by Crippen LogP contribution is -2.42. The number of rotatable bonds is 5. The van der Waals surface area contributed by atoms with E-state index >= 15 is 0 Å². The van der Waals surface area contributed by atoms with Crippen molar-refractivity contribution in [2.45, 2.75) is 52.7 Å². The predicted octanol–water partition coefficient (Wildman–Crippen LogP) is 4.68. The normalized spacial score (nSPS) is 20.6. The summed E-state index contributed by atoms with van der Waals surface area (Å²) in [6.45, 7) is 8.55. The molecule has 0 spiro atoms. The molecule has 0 radical (unpaired) electrons. The first-order chi connectivity index (χ1) is 14.7. The van der Waals surface area contributed by atoms with Crippen LogP contribution in [0, 0.1) is 20.8 Å². The van der Waals surface area contributed by atoms with Crippen LogP contribution in [-0.4, -0.2) is 39.1 Å². The molecule has 1 fully saturated rings. The van der Waals surface area contributed by atoms with E-state index in [4.69, 9.17) is 9.47 Å².